The highest BCUT2D eigenvalue weighted by Crippen LogP contribution is 2.27. The van der Waals surface area contributed by atoms with Gasteiger partial charge < -0.3 is 9.73 Å². The van der Waals surface area contributed by atoms with Crippen molar-refractivity contribution in [2.75, 3.05) is 0 Å². The number of pyridine rings is 1. The number of benzene rings is 1. The zero-order valence-corrected chi connectivity index (χ0v) is 18.5. The van der Waals surface area contributed by atoms with Gasteiger partial charge in [0.05, 0.1) is 35.6 Å². The van der Waals surface area contributed by atoms with E-state index in [1.807, 2.05) is 60.3 Å². The molecule has 4 aromatic heterocycles. The second-order valence-electron chi connectivity index (χ2n) is 7.63. The van der Waals surface area contributed by atoms with E-state index in [9.17, 15) is 4.79 Å². The third kappa shape index (κ3) is 3.80. The Balaban J connectivity index is 1.44. The number of carbonyl (C=O) groups excluding carboxylic acids is 1. The highest BCUT2D eigenvalue weighted by molar-refractivity contribution is 7.09. The fraction of sp³-hybridized carbons (Fsp3) is 0.167. The van der Waals surface area contributed by atoms with Crippen LogP contribution in [0.5, 0.6) is 0 Å². The van der Waals surface area contributed by atoms with Gasteiger partial charge in [-0.2, -0.15) is 5.10 Å². The van der Waals surface area contributed by atoms with Crippen LogP contribution in [0.2, 0.25) is 0 Å². The molecule has 0 spiro atoms. The Morgan fingerprint density at radius 2 is 1.97 bits per heavy atom. The van der Waals surface area contributed by atoms with Gasteiger partial charge in [0.25, 0.3) is 5.91 Å². The van der Waals surface area contributed by atoms with E-state index in [0.717, 1.165) is 16.3 Å². The lowest BCUT2D eigenvalue weighted by Gasteiger charge is -2.10. The third-order valence-electron chi connectivity index (χ3n) is 5.10. The van der Waals surface area contributed by atoms with Crippen molar-refractivity contribution in [2.24, 2.45) is 0 Å². The summed E-state index contributed by atoms with van der Waals surface area (Å²) >= 11 is 1.52. The summed E-state index contributed by atoms with van der Waals surface area (Å²) in [6, 6.07) is 15.5. The summed E-state index contributed by atoms with van der Waals surface area (Å²) in [5.41, 5.74) is 3.72. The van der Waals surface area contributed by atoms with E-state index in [1.54, 1.807) is 24.6 Å². The topological polar surface area (TPSA) is 85.8 Å². The SMILES string of the molecule is CC(C)n1ncc2c(C(=O)NCc3nc(-c4ccccc4)cs3)cc(-c3ccco3)nc21. The highest BCUT2D eigenvalue weighted by Gasteiger charge is 2.19. The molecule has 0 bridgehead atoms. The minimum atomic E-state index is -0.204. The Kier molecular flexibility index (Phi) is 5.28. The van der Waals surface area contributed by atoms with Gasteiger partial charge in [0.15, 0.2) is 11.4 Å². The minimum Gasteiger partial charge on any atom is -0.463 e. The van der Waals surface area contributed by atoms with Crippen molar-refractivity contribution in [1.29, 1.82) is 0 Å². The third-order valence-corrected chi connectivity index (χ3v) is 5.94. The lowest BCUT2D eigenvalue weighted by Crippen LogP contribution is -2.23. The summed E-state index contributed by atoms with van der Waals surface area (Å²) in [4.78, 5) is 22.5. The van der Waals surface area contributed by atoms with E-state index in [1.165, 1.54) is 11.3 Å². The van der Waals surface area contributed by atoms with E-state index >= 15 is 0 Å². The lowest BCUT2D eigenvalue weighted by atomic mass is 10.1. The van der Waals surface area contributed by atoms with Crippen LogP contribution >= 0.6 is 11.3 Å². The standard InChI is InChI=1S/C24H21N5O2S/c1-15(2)29-23-18(12-26-29)17(11-19(28-23)21-9-6-10-31-21)24(30)25-13-22-27-20(14-32-22)16-7-4-3-5-8-16/h3-12,14-15H,13H2,1-2H3,(H,25,30). The van der Waals surface area contributed by atoms with Gasteiger partial charge in [0.2, 0.25) is 0 Å². The Bertz CT molecular complexity index is 1370. The van der Waals surface area contributed by atoms with Crippen molar-refractivity contribution < 1.29 is 9.21 Å². The number of nitrogens with zero attached hydrogens (tertiary/aromatic N) is 4. The summed E-state index contributed by atoms with van der Waals surface area (Å²) in [5.74, 6) is 0.398. The van der Waals surface area contributed by atoms with Crippen LogP contribution < -0.4 is 5.32 Å². The average molecular weight is 444 g/mol. The smallest absolute Gasteiger partial charge is 0.252 e. The number of fused-ring (bicyclic) bond motifs is 1. The highest BCUT2D eigenvalue weighted by atomic mass is 32.1. The minimum absolute atomic E-state index is 0.106. The summed E-state index contributed by atoms with van der Waals surface area (Å²) in [6.07, 6.45) is 3.29. The van der Waals surface area contributed by atoms with Crippen molar-refractivity contribution in [1.82, 2.24) is 25.1 Å². The molecule has 1 aromatic carbocycles. The van der Waals surface area contributed by atoms with Crippen LogP contribution in [0.3, 0.4) is 0 Å². The van der Waals surface area contributed by atoms with Gasteiger partial charge >= 0.3 is 0 Å². The molecule has 5 aromatic rings. The number of thiazole rings is 1. The zero-order valence-electron chi connectivity index (χ0n) is 17.6. The first-order chi connectivity index (χ1) is 15.6. The zero-order chi connectivity index (χ0) is 22.1. The van der Waals surface area contributed by atoms with Crippen LogP contribution in [0.25, 0.3) is 33.7 Å². The molecular weight excluding hydrogens is 422 g/mol. The average Bonchev–Trinajstić information content (AvgIpc) is 3.58. The van der Waals surface area contributed by atoms with Gasteiger partial charge in [-0.15, -0.1) is 11.3 Å². The van der Waals surface area contributed by atoms with Gasteiger partial charge in [-0.25, -0.2) is 14.6 Å². The van der Waals surface area contributed by atoms with Crippen molar-refractivity contribution in [3.63, 3.8) is 0 Å². The normalized spacial score (nSPS) is 11.3. The molecule has 0 saturated carbocycles. The van der Waals surface area contributed by atoms with Crippen LogP contribution in [0.1, 0.15) is 35.3 Å². The quantitative estimate of drug-likeness (QED) is 0.384. The summed E-state index contributed by atoms with van der Waals surface area (Å²) in [5, 5.41) is 11.0. The van der Waals surface area contributed by atoms with Crippen LogP contribution in [0, 0.1) is 0 Å². The van der Waals surface area contributed by atoms with Crippen LogP contribution in [-0.4, -0.2) is 25.7 Å². The van der Waals surface area contributed by atoms with Crippen molar-refractivity contribution in [2.45, 2.75) is 26.4 Å². The van der Waals surface area contributed by atoms with Crippen molar-refractivity contribution in [3.05, 3.63) is 76.9 Å². The molecular formula is C24H21N5O2S. The fourth-order valence-electron chi connectivity index (χ4n) is 3.52. The molecule has 0 atom stereocenters. The molecule has 5 rings (SSSR count). The summed E-state index contributed by atoms with van der Waals surface area (Å²) < 4.78 is 7.33. The molecule has 0 saturated heterocycles. The van der Waals surface area contributed by atoms with E-state index in [2.05, 4.69) is 15.4 Å². The molecule has 0 aliphatic carbocycles. The maximum Gasteiger partial charge on any atom is 0.252 e. The Morgan fingerprint density at radius 1 is 1.12 bits per heavy atom. The molecule has 8 heteroatoms. The molecule has 1 N–H and O–H groups in total. The van der Waals surface area contributed by atoms with Crippen LogP contribution in [-0.2, 0) is 6.54 Å². The second kappa shape index (κ2) is 8.39. The van der Waals surface area contributed by atoms with Crippen LogP contribution in [0.4, 0.5) is 0 Å². The number of amides is 1. The molecule has 0 unspecified atom stereocenters. The first-order valence-corrected chi connectivity index (χ1v) is 11.2. The molecule has 160 valence electrons. The summed E-state index contributed by atoms with van der Waals surface area (Å²) in [7, 11) is 0. The Hall–Kier alpha value is -3.78. The first kappa shape index (κ1) is 20.1. The van der Waals surface area contributed by atoms with E-state index in [0.29, 0.717) is 34.6 Å². The predicted molar refractivity (Wildman–Crippen MR) is 124 cm³/mol. The number of nitrogens with one attached hydrogen (secondary N) is 1. The molecule has 0 fully saturated rings. The van der Waals surface area contributed by atoms with E-state index in [-0.39, 0.29) is 11.9 Å². The largest absolute Gasteiger partial charge is 0.463 e. The van der Waals surface area contributed by atoms with Crippen molar-refractivity contribution >= 4 is 28.3 Å². The molecule has 7 nitrogen and oxygen atoms in total. The summed E-state index contributed by atoms with van der Waals surface area (Å²) in [6.45, 7) is 4.40. The fourth-order valence-corrected chi connectivity index (χ4v) is 4.26. The number of hydrogen-bond donors (Lipinski definition) is 1. The first-order valence-electron chi connectivity index (χ1n) is 10.3. The predicted octanol–water partition coefficient (Wildman–Crippen LogP) is 5.33. The van der Waals surface area contributed by atoms with Gasteiger partial charge in [0.1, 0.15) is 10.7 Å². The maximum atomic E-state index is 13.2. The molecule has 0 aliphatic rings. The number of aromatic nitrogens is 4. The van der Waals surface area contributed by atoms with Gasteiger partial charge in [-0.1, -0.05) is 30.3 Å². The number of rotatable bonds is 6. The molecule has 32 heavy (non-hydrogen) atoms. The van der Waals surface area contributed by atoms with Crippen LogP contribution in [0.15, 0.2) is 70.8 Å². The number of carbonyl (C=O) groups is 1. The molecule has 1 amide bonds. The Labute approximate surface area is 188 Å². The molecule has 4 heterocycles. The number of hydrogen-bond acceptors (Lipinski definition) is 6. The van der Waals surface area contributed by atoms with E-state index in [4.69, 9.17) is 9.40 Å². The monoisotopic (exact) mass is 443 g/mol. The molecule has 0 radical (unpaired) electrons. The second-order valence-corrected chi connectivity index (χ2v) is 8.57. The number of furan rings is 1. The van der Waals surface area contributed by atoms with Gasteiger partial charge in [0, 0.05) is 17.0 Å². The maximum absolute atomic E-state index is 13.2. The lowest BCUT2D eigenvalue weighted by molar-refractivity contribution is 0.0952. The van der Waals surface area contributed by atoms with Crippen molar-refractivity contribution in [3.8, 4) is 22.7 Å². The van der Waals surface area contributed by atoms with E-state index < -0.39 is 0 Å². The molecule has 0 aliphatic heterocycles. The van der Waals surface area contributed by atoms with Gasteiger partial charge in [-0.05, 0) is 32.0 Å². The van der Waals surface area contributed by atoms with Gasteiger partial charge in [-0.3, -0.25) is 4.79 Å². The Morgan fingerprint density at radius 3 is 2.72 bits per heavy atom.